The van der Waals surface area contributed by atoms with Crippen molar-refractivity contribution in [2.45, 2.75) is 6.18 Å². The quantitative estimate of drug-likeness (QED) is 0.825. The molecule has 0 aliphatic rings. The van der Waals surface area contributed by atoms with Gasteiger partial charge in [0.25, 0.3) is 5.91 Å². The van der Waals surface area contributed by atoms with Gasteiger partial charge in [-0.2, -0.15) is 13.2 Å². The van der Waals surface area contributed by atoms with Gasteiger partial charge in [0, 0.05) is 24.1 Å². The lowest BCUT2D eigenvalue weighted by Crippen LogP contribution is -2.24. The Balaban J connectivity index is 2.18. The third-order valence-corrected chi connectivity index (χ3v) is 2.88. The second-order valence-corrected chi connectivity index (χ2v) is 4.63. The number of anilines is 2. The number of alkyl halides is 3. The van der Waals surface area contributed by atoms with E-state index in [1.165, 1.54) is 30.5 Å². The smallest absolute Gasteiger partial charge is 0.355 e. The molecule has 0 fully saturated rings. The predicted octanol–water partition coefficient (Wildman–Crippen LogP) is 3.76. The van der Waals surface area contributed by atoms with Crippen LogP contribution in [0.5, 0.6) is 0 Å². The molecule has 0 aliphatic carbocycles. The summed E-state index contributed by atoms with van der Waals surface area (Å²) in [7, 11) is 0. The van der Waals surface area contributed by atoms with Crippen LogP contribution in [0.15, 0.2) is 55.3 Å². The fourth-order valence-corrected chi connectivity index (χ4v) is 1.83. The maximum atomic E-state index is 12.7. The van der Waals surface area contributed by atoms with Gasteiger partial charge in [-0.1, -0.05) is 12.1 Å². The number of aromatic nitrogens is 1. The standard InChI is InChI=1S/C16H14F3N3O/c1-2-7-21-15(23)14-10-13(6-8-20-14)22-12-5-3-4-11(9-12)16(17,18)19/h2-6,8-10H,1,7H2,(H,20,22)(H,21,23). The molecule has 0 saturated heterocycles. The average molecular weight is 321 g/mol. The number of nitrogens with one attached hydrogen (secondary N) is 2. The molecule has 2 N–H and O–H groups in total. The molecular formula is C16H14F3N3O. The number of nitrogens with zero attached hydrogens (tertiary/aromatic N) is 1. The van der Waals surface area contributed by atoms with Gasteiger partial charge in [0.1, 0.15) is 5.69 Å². The van der Waals surface area contributed by atoms with Crippen LogP contribution >= 0.6 is 0 Å². The van der Waals surface area contributed by atoms with E-state index in [1.54, 1.807) is 6.07 Å². The van der Waals surface area contributed by atoms with E-state index in [0.717, 1.165) is 12.1 Å². The number of carbonyl (C=O) groups excluding carboxylic acids is 1. The summed E-state index contributed by atoms with van der Waals surface area (Å²) < 4.78 is 38.1. The lowest BCUT2D eigenvalue weighted by atomic mass is 10.2. The Morgan fingerprint density at radius 1 is 1.22 bits per heavy atom. The Bertz CT molecular complexity index is 714. The van der Waals surface area contributed by atoms with Crippen LogP contribution < -0.4 is 10.6 Å². The molecule has 0 radical (unpaired) electrons. The molecular weight excluding hydrogens is 307 g/mol. The molecule has 2 rings (SSSR count). The Morgan fingerprint density at radius 2 is 1.96 bits per heavy atom. The maximum Gasteiger partial charge on any atom is 0.416 e. The summed E-state index contributed by atoms with van der Waals surface area (Å²) in [5.74, 6) is -0.391. The van der Waals surface area contributed by atoms with Gasteiger partial charge in [-0.15, -0.1) is 6.58 Å². The van der Waals surface area contributed by atoms with Crippen molar-refractivity contribution in [3.8, 4) is 0 Å². The molecule has 1 aromatic carbocycles. The van der Waals surface area contributed by atoms with E-state index < -0.39 is 17.6 Å². The minimum Gasteiger partial charge on any atom is -0.355 e. The molecule has 0 saturated carbocycles. The van der Waals surface area contributed by atoms with Crippen LogP contribution in [0.2, 0.25) is 0 Å². The summed E-state index contributed by atoms with van der Waals surface area (Å²) in [6, 6.07) is 7.82. The van der Waals surface area contributed by atoms with Gasteiger partial charge >= 0.3 is 6.18 Å². The monoisotopic (exact) mass is 321 g/mol. The molecule has 0 spiro atoms. The van der Waals surface area contributed by atoms with Crippen molar-refractivity contribution >= 4 is 17.3 Å². The second kappa shape index (κ2) is 6.95. The highest BCUT2D eigenvalue weighted by atomic mass is 19.4. The van der Waals surface area contributed by atoms with E-state index in [2.05, 4.69) is 22.2 Å². The lowest BCUT2D eigenvalue weighted by Gasteiger charge is -2.11. The van der Waals surface area contributed by atoms with Crippen LogP contribution in [-0.4, -0.2) is 17.4 Å². The molecule has 120 valence electrons. The SMILES string of the molecule is C=CCNC(=O)c1cc(Nc2cccc(C(F)(F)F)c2)ccn1. The molecule has 0 aliphatic heterocycles. The number of halogens is 3. The summed E-state index contributed by atoms with van der Waals surface area (Å²) in [5.41, 5.74) is 0.135. The van der Waals surface area contributed by atoms with E-state index in [0.29, 0.717) is 12.2 Å². The Kier molecular flexibility index (Phi) is 5.00. The summed E-state index contributed by atoms with van der Waals surface area (Å²) >= 11 is 0. The second-order valence-electron chi connectivity index (χ2n) is 4.63. The summed E-state index contributed by atoms with van der Waals surface area (Å²) in [6.07, 6.45) is -1.48. The molecule has 1 heterocycles. The highest BCUT2D eigenvalue weighted by Crippen LogP contribution is 2.31. The van der Waals surface area contributed by atoms with Gasteiger partial charge < -0.3 is 10.6 Å². The number of hydrogen-bond acceptors (Lipinski definition) is 3. The van der Waals surface area contributed by atoms with Crippen molar-refractivity contribution in [2.24, 2.45) is 0 Å². The number of pyridine rings is 1. The Hall–Kier alpha value is -2.83. The van der Waals surface area contributed by atoms with Gasteiger partial charge in [0.15, 0.2) is 0 Å². The highest BCUT2D eigenvalue weighted by Gasteiger charge is 2.30. The molecule has 1 amide bonds. The van der Waals surface area contributed by atoms with Crippen LogP contribution in [0.1, 0.15) is 16.1 Å². The summed E-state index contributed by atoms with van der Waals surface area (Å²) in [5, 5.41) is 5.40. The number of hydrogen-bond donors (Lipinski definition) is 2. The predicted molar refractivity (Wildman–Crippen MR) is 81.5 cm³/mol. The zero-order valence-electron chi connectivity index (χ0n) is 12.0. The highest BCUT2D eigenvalue weighted by molar-refractivity contribution is 5.93. The van der Waals surface area contributed by atoms with Gasteiger partial charge in [-0.3, -0.25) is 9.78 Å². The Labute approximate surface area is 131 Å². The molecule has 7 heteroatoms. The molecule has 23 heavy (non-hydrogen) atoms. The minimum atomic E-state index is -4.41. The first-order valence-corrected chi connectivity index (χ1v) is 6.69. The zero-order valence-corrected chi connectivity index (χ0v) is 12.0. The number of carbonyl (C=O) groups is 1. The van der Waals surface area contributed by atoms with Gasteiger partial charge in [-0.05, 0) is 30.3 Å². The zero-order chi connectivity index (χ0) is 16.9. The fourth-order valence-electron chi connectivity index (χ4n) is 1.83. The normalized spacial score (nSPS) is 10.9. The maximum absolute atomic E-state index is 12.7. The van der Waals surface area contributed by atoms with Crippen LogP contribution in [0.3, 0.4) is 0 Å². The molecule has 0 unspecified atom stereocenters. The van der Waals surface area contributed by atoms with E-state index >= 15 is 0 Å². The van der Waals surface area contributed by atoms with Crippen LogP contribution in [-0.2, 0) is 6.18 Å². The van der Waals surface area contributed by atoms with Crippen molar-refractivity contribution < 1.29 is 18.0 Å². The average Bonchev–Trinajstić information content (AvgIpc) is 2.52. The minimum absolute atomic E-state index is 0.156. The van der Waals surface area contributed by atoms with Gasteiger partial charge in [-0.25, -0.2) is 0 Å². The Morgan fingerprint density at radius 3 is 2.65 bits per heavy atom. The molecule has 2 aromatic rings. The number of benzene rings is 1. The number of amides is 1. The van der Waals surface area contributed by atoms with E-state index in [9.17, 15) is 18.0 Å². The van der Waals surface area contributed by atoms with E-state index in [4.69, 9.17) is 0 Å². The first-order valence-electron chi connectivity index (χ1n) is 6.69. The molecule has 0 atom stereocenters. The first-order chi connectivity index (χ1) is 10.9. The lowest BCUT2D eigenvalue weighted by molar-refractivity contribution is -0.137. The molecule has 4 nitrogen and oxygen atoms in total. The fraction of sp³-hybridized carbons (Fsp3) is 0.125. The summed E-state index contributed by atoms with van der Waals surface area (Å²) in [4.78, 5) is 15.7. The van der Waals surface area contributed by atoms with Gasteiger partial charge in [0.2, 0.25) is 0 Å². The largest absolute Gasteiger partial charge is 0.416 e. The van der Waals surface area contributed by atoms with Crippen LogP contribution in [0.4, 0.5) is 24.5 Å². The van der Waals surface area contributed by atoms with E-state index in [-0.39, 0.29) is 11.4 Å². The van der Waals surface area contributed by atoms with Crippen molar-refractivity contribution in [1.29, 1.82) is 0 Å². The topological polar surface area (TPSA) is 54.0 Å². The first kappa shape index (κ1) is 16.5. The van der Waals surface area contributed by atoms with Crippen molar-refractivity contribution in [2.75, 3.05) is 11.9 Å². The van der Waals surface area contributed by atoms with Crippen molar-refractivity contribution in [1.82, 2.24) is 10.3 Å². The summed E-state index contributed by atoms with van der Waals surface area (Å²) in [6.45, 7) is 3.79. The number of rotatable bonds is 5. The van der Waals surface area contributed by atoms with Crippen LogP contribution in [0.25, 0.3) is 0 Å². The molecule has 1 aromatic heterocycles. The third-order valence-electron chi connectivity index (χ3n) is 2.88. The molecule has 0 bridgehead atoms. The van der Waals surface area contributed by atoms with Crippen molar-refractivity contribution in [3.05, 3.63) is 66.5 Å². The van der Waals surface area contributed by atoms with Crippen LogP contribution in [0, 0.1) is 0 Å². The van der Waals surface area contributed by atoms with E-state index in [1.807, 2.05) is 0 Å². The third kappa shape index (κ3) is 4.57. The van der Waals surface area contributed by atoms with Gasteiger partial charge in [0.05, 0.1) is 5.56 Å². The van der Waals surface area contributed by atoms with Crippen molar-refractivity contribution in [3.63, 3.8) is 0 Å².